The lowest BCUT2D eigenvalue weighted by molar-refractivity contribution is -0.384. The number of aromatic amines is 1. The summed E-state index contributed by atoms with van der Waals surface area (Å²) in [6, 6.07) is 12.4. The molecule has 1 aromatic heterocycles. The molecule has 26 heavy (non-hydrogen) atoms. The number of nitrogens with zero attached hydrogens (tertiary/aromatic N) is 1. The van der Waals surface area contributed by atoms with Gasteiger partial charge in [0, 0.05) is 30.1 Å². The Morgan fingerprint density at radius 2 is 1.92 bits per heavy atom. The molecule has 3 aromatic rings. The first kappa shape index (κ1) is 17.5. The third kappa shape index (κ3) is 3.66. The Morgan fingerprint density at radius 3 is 2.69 bits per heavy atom. The lowest BCUT2D eigenvalue weighted by Gasteiger charge is -2.07. The highest BCUT2D eigenvalue weighted by Gasteiger charge is 2.13. The number of fused-ring (bicyclic) bond motifs is 1. The molecule has 0 aliphatic carbocycles. The van der Waals surface area contributed by atoms with E-state index in [2.05, 4.69) is 21.7 Å². The summed E-state index contributed by atoms with van der Waals surface area (Å²) < 4.78 is 0. The number of H-pyrrole nitrogens is 1. The van der Waals surface area contributed by atoms with Gasteiger partial charge in [-0.25, -0.2) is 0 Å². The highest BCUT2D eigenvalue weighted by molar-refractivity contribution is 5.99. The molecule has 0 saturated carbocycles. The van der Waals surface area contributed by atoms with Crippen molar-refractivity contribution in [1.29, 1.82) is 0 Å². The van der Waals surface area contributed by atoms with Gasteiger partial charge >= 0.3 is 0 Å². The lowest BCUT2D eigenvalue weighted by Crippen LogP contribution is -2.29. The number of amides is 1. The van der Waals surface area contributed by atoms with Crippen LogP contribution in [-0.2, 0) is 0 Å². The molecule has 3 N–H and O–H groups in total. The van der Waals surface area contributed by atoms with Crippen LogP contribution in [0.5, 0.6) is 0 Å². The fourth-order valence-corrected chi connectivity index (χ4v) is 2.97. The number of para-hydroxylation sites is 2. The van der Waals surface area contributed by atoms with Crippen LogP contribution in [0.15, 0.2) is 42.5 Å². The van der Waals surface area contributed by atoms with Crippen molar-refractivity contribution in [2.75, 3.05) is 18.4 Å². The van der Waals surface area contributed by atoms with Crippen LogP contribution in [0.1, 0.15) is 21.6 Å². The number of hydrogen-bond acceptors (Lipinski definition) is 4. The van der Waals surface area contributed by atoms with E-state index in [0.717, 1.165) is 22.0 Å². The quantitative estimate of drug-likeness (QED) is 0.359. The Morgan fingerprint density at radius 1 is 1.15 bits per heavy atom. The number of carbonyl (C=O) groups excluding carboxylic acids is 1. The molecular formula is C19H20N4O3. The van der Waals surface area contributed by atoms with Crippen LogP contribution < -0.4 is 10.6 Å². The summed E-state index contributed by atoms with van der Waals surface area (Å²) in [5, 5.41) is 17.8. The molecule has 7 nitrogen and oxygen atoms in total. The number of carbonyl (C=O) groups is 1. The predicted octanol–water partition coefficient (Wildman–Crippen LogP) is 3.53. The fraction of sp³-hybridized carbons (Fsp3) is 0.211. The van der Waals surface area contributed by atoms with Crippen molar-refractivity contribution in [1.82, 2.24) is 10.3 Å². The molecule has 2 aromatic carbocycles. The Kier molecular flexibility index (Phi) is 4.88. The number of benzene rings is 2. The Hall–Kier alpha value is -3.35. The molecule has 0 aliphatic heterocycles. The maximum Gasteiger partial charge on any atom is 0.292 e. The third-order valence-corrected chi connectivity index (χ3v) is 4.16. The summed E-state index contributed by atoms with van der Waals surface area (Å²) in [6.07, 6.45) is 0. The molecule has 0 spiro atoms. The second-order valence-corrected chi connectivity index (χ2v) is 6.18. The van der Waals surface area contributed by atoms with E-state index in [-0.39, 0.29) is 11.6 Å². The predicted molar refractivity (Wildman–Crippen MR) is 102 cm³/mol. The van der Waals surface area contributed by atoms with E-state index in [0.29, 0.717) is 24.5 Å². The number of aryl methyl sites for hydroxylation is 2. The summed E-state index contributed by atoms with van der Waals surface area (Å²) >= 11 is 0. The number of aromatic nitrogens is 1. The zero-order chi connectivity index (χ0) is 18.7. The summed E-state index contributed by atoms with van der Waals surface area (Å²) in [5.41, 5.74) is 4.14. The summed E-state index contributed by atoms with van der Waals surface area (Å²) in [6.45, 7) is 4.76. The lowest BCUT2D eigenvalue weighted by atomic mass is 10.1. The zero-order valence-electron chi connectivity index (χ0n) is 14.6. The minimum Gasteiger partial charge on any atom is -0.378 e. The van der Waals surface area contributed by atoms with Gasteiger partial charge in [-0.1, -0.05) is 18.2 Å². The van der Waals surface area contributed by atoms with Gasteiger partial charge in [0.25, 0.3) is 11.6 Å². The number of hydrogen-bond donors (Lipinski definition) is 3. The fourth-order valence-electron chi connectivity index (χ4n) is 2.97. The second kappa shape index (κ2) is 7.26. The van der Waals surface area contributed by atoms with E-state index in [1.807, 2.05) is 26.0 Å². The standard InChI is InChI=1S/C19H20N4O3/c1-12-9-13(2)14-11-17(22-16(14)10-12)19(24)21-8-7-20-15-5-3-4-6-18(15)23(25)26/h3-6,9-11,20,22H,7-8H2,1-2H3,(H,21,24). The van der Waals surface area contributed by atoms with Crippen LogP contribution >= 0.6 is 0 Å². The molecular weight excluding hydrogens is 332 g/mol. The largest absolute Gasteiger partial charge is 0.378 e. The summed E-state index contributed by atoms with van der Waals surface area (Å²) in [5.74, 6) is -0.206. The van der Waals surface area contributed by atoms with Crippen molar-refractivity contribution in [3.05, 3.63) is 69.4 Å². The molecule has 0 fully saturated rings. The molecule has 3 rings (SSSR count). The van der Waals surface area contributed by atoms with Crippen molar-refractivity contribution < 1.29 is 9.72 Å². The number of nitro benzene ring substituents is 1. The Labute approximate surface area is 150 Å². The third-order valence-electron chi connectivity index (χ3n) is 4.16. The van der Waals surface area contributed by atoms with Crippen molar-refractivity contribution in [3.8, 4) is 0 Å². The van der Waals surface area contributed by atoms with Gasteiger partial charge in [0.15, 0.2) is 0 Å². The molecule has 7 heteroatoms. The van der Waals surface area contributed by atoms with Crippen molar-refractivity contribution in [3.63, 3.8) is 0 Å². The van der Waals surface area contributed by atoms with Crippen LogP contribution in [-0.4, -0.2) is 28.9 Å². The number of nitro groups is 1. The van der Waals surface area contributed by atoms with Gasteiger partial charge < -0.3 is 15.6 Å². The minimum atomic E-state index is -0.435. The summed E-state index contributed by atoms with van der Waals surface area (Å²) in [4.78, 5) is 26.0. The first-order chi connectivity index (χ1) is 12.5. The number of nitrogens with one attached hydrogen (secondary N) is 3. The van der Waals surface area contributed by atoms with Gasteiger partial charge in [0.2, 0.25) is 0 Å². The Balaban J connectivity index is 1.60. The van der Waals surface area contributed by atoms with E-state index in [1.54, 1.807) is 18.2 Å². The van der Waals surface area contributed by atoms with Gasteiger partial charge in [-0.3, -0.25) is 14.9 Å². The van der Waals surface area contributed by atoms with Gasteiger partial charge in [-0.2, -0.15) is 0 Å². The van der Waals surface area contributed by atoms with Crippen molar-refractivity contribution >= 4 is 28.2 Å². The molecule has 1 heterocycles. The SMILES string of the molecule is Cc1cc(C)c2cc(C(=O)NCCNc3ccccc3[N+](=O)[O-])[nH]c2c1. The Bertz CT molecular complexity index is 978. The molecule has 0 atom stereocenters. The first-order valence-electron chi connectivity index (χ1n) is 8.31. The van der Waals surface area contributed by atoms with Crippen LogP contribution in [0.3, 0.4) is 0 Å². The topological polar surface area (TPSA) is 100 Å². The van der Waals surface area contributed by atoms with Gasteiger partial charge in [0.1, 0.15) is 11.4 Å². The molecule has 0 bridgehead atoms. The molecule has 0 aliphatic rings. The average Bonchev–Trinajstić information content (AvgIpc) is 3.03. The number of rotatable bonds is 6. The average molecular weight is 352 g/mol. The number of anilines is 1. The van der Waals surface area contributed by atoms with E-state index < -0.39 is 4.92 Å². The summed E-state index contributed by atoms with van der Waals surface area (Å²) in [7, 11) is 0. The van der Waals surface area contributed by atoms with E-state index in [1.165, 1.54) is 6.07 Å². The van der Waals surface area contributed by atoms with E-state index in [4.69, 9.17) is 0 Å². The van der Waals surface area contributed by atoms with Crippen LogP contribution in [0.25, 0.3) is 10.9 Å². The molecule has 0 unspecified atom stereocenters. The minimum absolute atomic E-state index is 0.0142. The van der Waals surface area contributed by atoms with Crippen molar-refractivity contribution in [2.45, 2.75) is 13.8 Å². The van der Waals surface area contributed by atoms with Gasteiger partial charge in [-0.05, 0) is 43.2 Å². The van der Waals surface area contributed by atoms with E-state index in [9.17, 15) is 14.9 Å². The second-order valence-electron chi connectivity index (χ2n) is 6.18. The molecule has 1 amide bonds. The van der Waals surface area contributed by atoms with Crippen molar-refractivity contribution in [2.24, 2.45) is 0 Å². The highest BCUT2D eigenvalue weighted by atomic mass is 16.6. The molecule has 0 radical (unpaired) electrons. The maximum absolute atomic E-state index is 12.3. The molecule has 134 valence electrons. The molecule has 0 saturated heterocycles. The monoisotopic (exact) mass is 352 g/mol. The maximum atomic E-state index is 12.3. The van der Waals surface area contributed by atoms with Crippen LogP contribution in [0.4, 0.5) is 11.4 Å². The van der Waals surface area contributed by atoms with Gasteiger partial charge in [-0.15, -0.1) is 0 Å². The van der Waals surface area contributed by atoms with Crippen LogP contribution in [0, 0.1) is 24.0 Å². The van der Waals surface area contributed by atoms with Crippen LogP contribution in [0.2, 0.25) is 0 Å². The first-order valence-corrected chi connectivity index (χ1v) is 8.31. The van der Waals surface area contributed by atoms with E-state index >= 15 is 0 Å². The normalized spacial score (nSPS) is 10.7. The smallest absolute Gasteiger partial charge is 0.292 e. The van der Waals surface area contributed by atoms with Gasteiger partial charge in [0.05, 0.1) is 4.92 Å². The highest BCUT2D eigenvalue weighted by Crippen LogP contribution is 2.23. The zero-order valence-corrected chi connectivity index (χ0v) is 14.6.